The molecular weight excluding hydrogens is 320 g/mol. The Bertz CT molecular complexity index is 650. The average molecular weight is 344 g/mol. The van der Waals surface area contributed by atoms with Crippen molar-refractivity contribution in [2.24, 2.45) is 0 Å². The van der Waals surface area contributed by atoms with Gasteiger partial charge < -0.3 is 10.2 Å². The minimum absolute atomic E-state index is 0.0518. The highest BCUT2D eigenvalue weighted by atomic mass is 32.1. The van der Waals surface area contributed by atoms with Crippen LogP contribution in [0.4, 0.5) is 4.79 Å². The molecule has 24 heavy (non-hydrogen) atoms. The Labute approximate surface area is 147 Å². The molecule has 2 aromatic rings. The van der Waals surface area contributed by atoms with Gasteiger partial charge in [-0.05, 0) is 31.2 Å². The fourth-order valence-electron chi connectivity index (χ4n) is 2.97. The lowest BCUT2D eigenvalue weighted by Crippen LogP contribution is -2.44. The molecule has 1 aromatic heterocycles. The average Bonchev–Trinajstić information content (AvgIpc) is 3.12. The van der Waals surface area contributed by atoms with Crippen molar-refractivity contribution in [3.63, 3.8) is 0 Å². The van der Waals surface area contributed by atoms with Crippen LogP contribution in [-0.2, 0) is 12.8 Å². The number of aromatic nitrogens is 2. The molecule has 0 unspecified atom stereocenters. The third kappa shape index (κ3) is 4.32. The van der Waals surface area contributed by atoms with Crippen LogP contribution in [-0.4, -0.2) is 40.8 Å². The lowest BCUT2D eigenvalue weighted by molar-refractivity contribution is 0.181. The summed E-state index contributed by atoms with van der Waals surface area (Å²) in [6.45, 7) is 4.37. The number of hydrogen-bond donors (Lipinski definition) is 1. The molecule has 0 bridgehead atoms. The first-order valence-corrected chi connectivity index (χ1v) is 9.47. The van der Waals surface area contributed by atoms with Crippen LogP contribution in [0.5, 0.6) is 0 Å². The summed E-state index contributed by atoms with van der Waals surface area (Å²) >= 11 is 1.72. The second-order valence-electron chi connectivity index (χ2n) is 6.12. The summed E-state index contributed by atoms with van der Waals surface area (Å²) in [4.78, 5) is 14.2. The standard InChI is InChI=1S/C18H24N4OS/c1-2-16-20-21-17(24-16)15-9-12-22(13-10-15)18(23)19-11-8-14-6-4-3-5-7-14/h3-7,15H,2,8-13H2,1H3,(H,19,23). The summed E-state index contributed by atoms with van der Waals surface area (Å²) in [5.74, 6) is 0.455. The van der Waals surface area contributed by atoms with Crippen molar-refractivity contribution >= 4 is 17.4 Å². The highest BCUT2D eigenvalue weighted by Gasteiger charge is 2.25. The molecule has 0 spiro atoms. The maximum atomic E-state index is 12.3. The van der Waals surface area contributed by atoms with Gasteiger partial charge in [0.25, 0.3) is 0 Å². The van der Waals surface area contributed by atoms with Crippen LogP contribution in [0.25, 0.3) is 0 Å². The molecule has 1 aliphatic heterocycles. The largest absolute Gasteiger partial charge is 0.338 e. The second-order valence-corrected chi connectivity index (χ2v) is 7.21. The van der Waals surface area contributed by atoms with Gasteiger partial charge in [0.15, 0.2) is 0 Å². The van der Waals surface area contributed by atoms with Crippen molar-refractivity contribution in [3.05, 3.63) is 45.9 Å². The Kier molecular flexibility index (Phi) is 5.80. The predicted octanol–water partition coefficient (Wildman–Crippen LogP) is 3.23. The predicted molar refractivity (Wildman–Crippen MR) is 96.4 cm³/mol. The zero-order valence-electron chi connectivity index (χ0n) is 14.1. The van der Waals surface area contributed by atoms with Crippen LogP contribution in [0.1, 0.15) is 41.3 Å². The highest BCUT2D eigenvalue weighted by molar-refractivity contribution is 7.11. The molecule has 1 N–H and O–H groups in total. The van der Waals surface area contributed by atoms with E-state index in [0.29, 0.717) is 12.5 Å². The third-order valence-corrected chi connectivity index (χ3v) is 5.68. The first kappa shape index (κ1) is 16.9. The molecule has 1 aliphatic rings. The van der Waals surface area contributed by atoms with Crippen LogP contribution in [0.2, 0.25) is 0 Å². The van der Waals surface area contributed by atoms with Gasteiger partial charge in [0.05, 0.1) is 0 Å². The normalized spacial score (nSPS) is 15.5. The Hall–Kier alpha value is -1.95. The van der Waals surface area contributed by atoms with Gasteiger partial charge in [-0.2, -0.15) is 0 Å². The van der Waals surface area contributed by atoms with Crippen LogP contribution in [0, 0.1) is 0 Å². The molecule has 0 atom stereocenters. The van der Waals surface area contributed by atoms with Gasteiger partial charge >= 0.3 is 6.03 Å². The Balaban J connectivity index is 1.41. The summed E-state index contributed by atoms with van der Waals surface area (Å²) in [5.41, 5.74) is 1.25. The number of nitrogens with one attached hydrogen (secondary N) is 1. The SMILES string of the molecule is CCc1nnc(C2CCN(C(=O)NCCc3ccccc3)CC2)s1. The molecule has 0 aliphatic carbocycles. The van der Waals surface area contributed by atoms with E-state index in [1.807, 2.05) is 23.1 Å². The number of aryl methyl sites for hydroxylation is 1. The molecular formula is C18H24N4OS. The second kappa shape index (κ2) is 8.24. The van der Waals surface area contributed by atoms with E-state index in [2.05, 4.69) is 34.6 Å². The number of rotatable bonds is 5. The van der Waals surface area contributed by atoms with Gasteiger partial charge in [-0.15, -0.1) is 21.5 Å². The Morgan fingerprint density at radius 2 is 2.00 bits per heavy atom. The minimum Gasteiger partial charge on any atom is -0.338 e. The van der Waals surface area contributed by atoms with Crippen molar-refractivity contribution in [2.75, 3.05) is 19.6 Å². The summed E-state index contributed by atoms with van der Waals surface area (Å²) in [6, 6.07) is 10.3. The molecule has 0 saturated carbocycles. The molecule has 1 saturated heterocycles. The summed E-state index contributed by atoms with van der Waals surface area (Å²) < 4.78 is 0. The highest BCUT2D eigenvalue weighted by Crippen LogP contribution is 2.30. The zero-order chi connectivity index (χ0) is 16.8. The first-order valence-electron chi connectivity index (χ1n) is 8.65. The van der Waals surface area contributed by atoms with Crippen molar-refractivity contribution in [2.45, 2.75) is 38.5 Å². The van der Waals surface area contributed by atoms with Crippen molar-refractivity contribution in [1.29, 1.82) is 0 Å². The molecule has 1 aromatic carbocycles. The Morgan fingerprint density at radius 3 is 2.67 bits per heavy atom. The molecule has 0 radical (unpaired) electrons. The van der Waals surface area contributed by atoms with E-state index in [9.17, 15) is 4.79 Å². The van der Waals surface area contributed by atoms with Gasteiger partial charge in [0.1, 0.15) is 10.0 Å². The van der Waals surface area contributed by atoms with E-state index in [4.69, 9.17) is 0 Å². The van der Waals surface area contributed by atoms with E-state index in [1.165, 1.54) is 5.56 Å². The van der Waals surface area contributed by atoms with E-state index in [1.54, 1.807) is 11.3 Å². The summed E-state index contributed by atoms with van der Waals surface area (Å²) in [7, 11) is 0. The van der Waals surface area contributed by atoms with Gasteiger partial charge in [-0.1, -0.05) is 37.3 Å². The lowest BCUT2D eigenvalue weighted by atomic mass is 9.98. The maximum Gasteiger partial charge on any atom is 0.317 e. The zero-order valence-corrected chi connectivity index (χ0v) is 14.9. The molecule has 128 valence electrons. The van der Waals surface area contributed by atoms with Crippen molar-refractivity contribution < 1.29 is 4.79 Å². The van der Waals surface area contributed by atoms with Crippen molar-refractivity contribution in [3.8, 4) is 0 Å². The monoisotopic (exact) mass is 344 g/mol. The number of carbonyl (C=O) groups is 1. The van der Waals surface area contributed by atoms with Crippen LogP contribution < -0.4 is 5.32 Å². The smallest absolute Gasteiger partial charge is 0.317 e. The Morgan fingerprint density at radius 1 is 1.25 bits per heavy atom. The molecule has 6 heteroatoms. The van der Waals surface area contributed by atoms with Crippen LogP contribution >= 0.6 is 11.3 Å². The molecule has 2 amide bonds. The van der Waals surface area contributed by atoms with Gasteiger partial charge in [-0.3, -0.25) is 0 Å². The lowest BCUT2D eigenvalue weighted by Gasteiger charge is -2.31. The van der Waals surface area contributed by atoms with E-state index < -0.39 is 0 Å². The third-order valence-electron chi connectivity index (χ3n) is 4.45. The topological polar surface area (TPSA) is 58.1 Å². The number of carbonyl (C=O) groups excluding carboxylic acids is 1. The first-order chi connectivity index (χ1) is 11.8. The van der Waals surface area contributed by atoms with E-state index >= 15 is 0 Å². The summed E-state index contributed by atoms with van der Waals surface area (Å²) in [5, 5.41) is 13.8. The van der Waals surface area contributed by atoms with Gasteiger partial charge in [0.2, 0.25) is 0 Å². The van der Waals surface area contributed by atoms with E-state index in [-0.39, 0.29) is 6.03 Å². The van der Waals surface area contributed by atoms with E-state index in [0.717, 1.165) is 48.8 Å². The minimum atomic E-state index is 0.0518. The number of likely N-dealkylation sites (tertiary alicyclic amines) is 1. The number of nitrogens with zero attached hydrogens (tertiary/aromatic N) is 3. The van der Waals surface area contributed by atoms with Crippen LogP contribution in [0.15, 0.2) is 30.3 Å². The number of benzene rings is 1. The van der Waals surface area contributed by atoms with Gasteiger partial charge in [0, 0.05) is 25.6 Å². The quantitative estimate of drug-likeness (QED) is 0.906. The number of hydrogen-bond acceptors (Lipinski definition) is 4. The number of amides is 2. The number of piperidine rings is 1. The number of urea groups is 1. The fourth-order valence-corrected chi connectivity index (χ4v) is 3.93. The van der Waals surface area contributed by atoms with Crippen molar-refractivity contribution in [1.82, 2.24) is 20.4 Å². The molecule has 1 fully saturated rings. The summed E-state index contributed by atoms with van der Waals surface area (Å²) in [6.07, 6.45) is 3.77. The maximum absolute atomic E-state index is 12.3. The molecule has 5 nitrogen and oxygen atoms in total. The molecule has 3 rings (SSSR count). The van der Waals surface area contributed by atoms with Gasteiger partial charge in [-0.25, -0.2) is 4.79 Å². The fraction of sp³-hybridized carbons (Fsp3) is 0.500. The molecule has 2 heterocycles. The van der Waals surface area contributed by atoms with Crippen LogP contribution in [0.3, 0.4) is 0 Å².